The van der Waals surface area contributed by atoms with Crippen LogP contribution in [-0.2, 0) is 14.6 Å². The number of carbonyl (C=O) groups is 2. The van der Waals surface area contributed by atoms with Crippen molar-refractivity contribution in [2.75, 3.05) is 42.3 Å². The summed E-state index contributed by atoms with van der Waals surface area (Å²) in [6.07, 6.45) is 0. The summed E-state index contributed by atoms with van der Waals surface area (Å²) in [7, 11) is -1.80. The first-order chi connectivity index (χ1) is 9.76. The van der Waals surface area contributed by atoms with Crippen LogP contribution in [0.1, 0.15) is 27.0 Å². The fraction of sp³-hybridized carbons (Fsp3) is 0.500. The van der Waals surface area contributed by atoms with Crippen molar-refractivity contribution in [2.45, 2.75) is 6.92 Å². The molecule has 1 aliphatic rings. The number of hydrogen-bond donors (Lipinski definition) is 1. The average Bonchev–Trinajstić information content (AvgIpc) is 2.75. The Kier molecular flexibility index (Phi) is 4.24. The van der Waals surface area contributed by atoms with Gasteiger partial charge in [-0.3, -0.25) is 4.79 Å². The Morgan fingerprint density at radius 1 is 1.29 bits per heavy atom. The minimum absolute atomic E-state index is 0.0147. The Bertz CT molecular complexity index is 679. The first-order valence-electron chi connectivity index (χ1n) is 6.23. The molecule has 7 nitrogen and oxygen atoms in total. The highest BCUT2D eigenvalue weighted by atomic mass is 32.2. The molecule has 0 saturated carbocycles. The van der Waals surface area contributed by atoms with Gasteiger partial charge in [0.1, 0.15) is 10.6 Å². The third kappa shape index (κ3) is 3.03. The molecule has 9 heteroatoms. The van der Waals surface area contributed by atoms with Crippen molar-refractivity contribution in [1.82, 2.24) is 0 Å². The van der Waals surface area contributed by atoms with E-state index in [1.165, 1.54) is 14.0 Å². The molecule has 0 unspecified atom stereocenters. The SMILES string of the molecule is COC(=O)c1c(N2CCS(=O)(=O)CC2)sc(C(C)=O)c1N. The van der Waals surface area contributed by atoms with Crippen molar-refractivity contribution < 1.29 is 22.7 Å². The fourth-order valence-corrected chi connectivity index (χ4v) is 4.49. The summed E-state index contributed by atoms with van der Waals surface area (Å²) in [6.45, 7) is 1.90. The molecule has 2 rings (SSSR count). The zero-order valence-corrected chi connectivity index (χ0v) is 13.3. The van der Waals surface area contributed by atoms with E-state index in [0.29, 0.717) is 9.88 Å². The van der Waals surface area contributed by atoms with Crippen LogP contribution in [0.4, 0.5) is 10.7 Å². The van der Waals surface area contributed by atoms with Gasteiger partial charge in [-0.2, -0.15) is 0 Å². The molecule has 1 saturated heterocycles. The van der Waals surface area contributed by atoms with Gasteiger partial charge in [-0.15, -0.1) is 11.3 Å². The molecule has 0 atom stereocenters. The van der Waals surface area contributed by atoms with Gasteiger partial charge in [0.25, 0.3) is 0 Å². The molecule has 1 fully saturated rings. The summed E-state index contributed by atoms with van der Waals surface area (Å²) in [6, 6.07) is 0. The Labute approximate surface area is 126 Å². The predicted octanol–water partition coefficient (Wildman–Crippen LogP) is 0.554. The average molecular weight is 332 g/mol. The standard InChI is InChI=1S/C12H16N2O5S2/c1-7(15)10-9(13)8(12(16)19-2)11(20-10)14-3-5-21(17,18)6-4-14/h3-6,13H2,1-2H3. The van der Waals surface area contributed by atoms with Gasteiger partial charge < -0.3 is 15.4 Å². The van der Waals surface area contributed by atoms with Gasteiger partial charge in [0, 0.05) is 20.0 Å². The van der Waals surface area contributed by atoms with Crippen LogP contribution in [0.3, 0.4) is 0 Å². The predicted molar refractivity (Wildman–Crippen MR) is 80.9 cm³/mol. The maximum atomic E-state index is 11.9. The van der Waals surface area contributed by atoms with Gasteiger partial charge >= 0.3 is 5.97 Å². The lowest BCUT2D eigenvalue weighted by Gasteiger charge is -2.28. The van der Waals surface area contributed by atoms with Crippen LogP contribution in [0.25, 0.3) is 0 Å². The first kappa shape index (κ1) is 15.8. The molecule has 0 bridgehead atoms. The van der Waals surface area contributed by atoms with Crippen LogP contribution >= 0.6 is 11.3 Å². The molecule has 2 N–H and O–H groups in total. The number of esters is 1. The Hall–Kier alpha value is -1.61. The molecular weight excluding hydrogens is 316 g/mol. The molecule has 116 valence electrons. The van der Waals surface area contributed by atoms with Gasteiger partial charge in [0.15, 0.2) is 15.6 Å². The number of Topliss-reactive ketones (excluding diaryl/α,β-unsaturated/α-hetero) is 1. The summed E-state index contributed by atoms with van der Waals surface area (Å²) in [4.78, 5) is 25.6. The van der Waals surface area contributed by atoms with E-state index in [2.05, 4.69) is 0 Å². The lowest BCUT2D eigenvalue weighted by molar-refractivity contribution is 0.0603. The van der Waals surface area contributed by atoms with E-state index in [-0.39, 0.29) is 41.6 Å². The van der Waals surface area contributed by atoms with Crippen LogP contribution in [0.15, 0.2) is 0 Å². The smallest absolute Gasteiger partial charge is 0.343 e. The lowest BCUT2D eigenvalue weighted by Crippen LogP contribution is -2.40. The number of sulfone groups is 1. The van der Waals surface area contributed by atoms with E-state index < -0.39 is 15.8 Å². The normalized spacial score (nSPS) is 17.5. The zero-order valence-electron chi connectivity index (χ0n) is 11.7. The molecule has 0 radical (unpaired) electrons. The fourth-order valence-electron chi connectivity index (χ4n) is 2.13. The molecule has 1 aromatic rings. The molecule has 0 aromatic carbocycles. The Balaban J connectivity index is 2.45. The number of ether oxygens (including phenoxy) is 1. The summed E-state index contributed by atoms with van der Waals surface area (Å²) in [5, 5.41) is 0.499. The highest BCUT2D eigenvalue weighted by molar-refractivity contribution is 7.91. The number of thiophene rings is 1. The molecule has 0 amide bonds. The second-order valence-corrected chi connectivity index (χ2v) is 8.01. The van der Waals surface area contributed by atoms with E-state index in [4.69, 9.17) is 10.5 Å². The molecular formula is C12H16N2O5S2. The van der Waals surface area contributed by atoms with Crippen molar-refractivity contribution in [2.24, 2.45) is 0 Å². The number of methoxy groups -OCH3 is 1. The number of carbonyl (C=O) groups excluding carboxylic acids is 2. The van der Waals surface area contributed by atoms with Crippen LogP contribution in [0, 0.1) is 0 Å². The third-order valence-electron chi connectivity index (χ3n) is 3.27. The van der Waals surface area contributed by atoms with Crippen molar-refractivity contribution in [1.29, 1.82) is 0 Å². The summed E-state index contributed by atoms with van der Waals surface area (Å²) in [5.74, 6) is -0.833. The second kappa shape index (κ2) is 5.64. The third-order valence-corrected chi connectivity index (χ3v) is 6.24. The van der Waals surface area contributed by atoms with E-state index in [1.54, 1.807) is 4.90 Å². The van der Waals surface area contributed by atoms with Gasteiger partial charge in [-0.05, 0) is 0 Å². The lowest BCUT2D eigenvalue weighted by atomic mass is 10.2. The number of rotatable bonds is 3. The van der Waals surface area contributed by atoms with Crippen LogP contribution < -0.4 is 10.6 Å². The van der Waals surface area contributed by atoms with E-state index >= 15 is 0 Å². The minimum Gasteiger partial charge on any atom is -0.465 e. The van der Waals surface area contributed by atoms with E-state index in [0.717, 1.165) is 11.3 Å². The maximum absolute atomic E-state index is 11.9. The highest BCUT2D eigenvalue weighted by Gasteiger charge is 2.31. The largest absolute Gasteiger partial charge is 0.465 e. The van der Waals surface area contributed by atoms with Crippen LogP contribution in [0.5, 0.6) is 0 Å². The number of anilines is 2. The van der Waals surface area contributed by atoms with Crippen molar-refractivity contribution in [3.8, 4) is 0 Å². The molecule has 1 aliphatic heterocycles. The summed E-state index contributed by atoms with van der Waals surface area (Å²) in [5.41, 5.74) is 6.13. The van der Waals surface area contributed by atoms with Gasteiger partial charge in [-0.1, -0.05) is 0 Å². The van der Waals surface area contributed by atoms with Crippen molar-refractivity contribution >= 4 is 43.6 Å². The summed E-state index contributed by atoms with van der Waals surface area (Å²) >= 11 is 1.10. The van der Waals surface area contributed by atoms with Crippen molar-refractivity contribution in [3.05, 3.63) is 10.4 Å². The number of nitrogen functional groups attached to an aromatic ring is 1. The summed E-state index contributed by atoms with van der Waals surface area (Å²) < 4.78 is 27.7. The Morgan fingerprint density at radius 2 is 1.86 bits per heavy atom. The van der Waals surface area contributed by atoms with Crippen LogP contribution in [0.2, 0.25) is 0 Å². The monoisotopic (exact) mass is 332 g/mol. The van der Waals surface area contributed by atoms with E-state index in [1.807, 2.05) is 0 Å². The number of ketones is 1. The minimum atomic E-state index is -3.03. The van der Waals surface area contributed by atoms with Crippen LogP contribution in [-0.4, -0.2) is 51.9 Å². The molecule has 2 heterocycles. The molecule has 1 aromatic heterocycles. The maximum Gasteiger partial charge on any atom is 0.343 e. The molecule has 21 heavy (non-hydrogen) atoms. The quantitative estimate of drug-likeness (QED) is 0.636. The topological polar surface area (TPSA) is 107 Å². The molecule has 0 aliphatic carbocycles. The van der Waals surface area contributed by atoms with Gasteiger partial charge in [0.2, 0.25) is 0 Å². The first-order valence-corrected chi connectivity index (χ1v) is 8.87. The number of nitrogens with two attached hydrogens (primary N) is 1. The van der Waals surface area contributed by atoms with Gasteiger partial charge in [0.05, 0.1) is 29.2 Å². The zero-order chi connectivity index (χ0) is 15.8. The second-order valence-electron chi connectivity index (χ2n) is 4.71. The molecule has 0 spiro atoms. The highest BCUT2D eigenvalue weighted by Crippen LogP contribution is 2.39. The Morgan fingerprint density at radius 3 is 2.33 bits per heavy atom. The van der Waals surface area contributed by atoms with Crippen molar-refractivity contribution in [3.63, 3.8) is 0 Å². The van der Waals surface area contributed by atoms with Gasteiger partial charge in [-0.25, -0.2) is 13.2 Å². The number of nitrogens with zero attached hydrogens (tertiary/aromatic N) is 1. The van der Waals surface area contributed by atoms with E-state index in [9.17, 15) is 18.0 Å². The number of hydrogen-bond acceptors (Lipinski definition) is 8.